The van der Waals surface area contributed by atoms with Gasteiger partial charge in [0, 0.05) is 39.7 Å². The molecule has 1 spiro atoms. The number of anilines is 1. The van der Waals surface area contributed by atoms with Crippen LogP contribution in [-0.2, 0) is 14.3 Å². The molecular formula is C19H29F3N4O4. The average Bonchev–Trinajstić information content (AvgIpc) is 3.06. The number of hydrogen-bond acceptors (Lipinski definition) is 7. The molecule has 2 fully saturated rings. The molecule has 8 nitrogen and oxygen atoms in total. The molecule has 3 heterocycles. The van der Waals surface area contributed by atoms with Crippen LogP contribution in [0.2, 0.25) is 0 Å². The first-order valence-electron chi connectivity index (χ1n) is 9.75. The monoisotopic (exact) mass is 434 g/mol. The SMILES string of the molecule is COCCN1CCC2(CC1)CC(COC)N(c1ncccn1)C2.O=C(O)C(F)(F)F. The van der Waals surface area contributed by atoms with Crippen molar-refractivity contribution in [2.24, 2.45) is 5.41 Å². The van der Waals surface area contributed by atoms with Gasteiger partial charge in [0.1, 0.15) is 0 Å². The Morgan fingerprint density at radius 1 is 1.23 bits per heavy atom. The molecule has 0 saturated carbocycles. The van der Waals surface area contributed by atoms with Crippen LogP contribution in [0.1, 0.15) is 19.3 Å². The van der Waals surface area contributed by atoms with Crippen LogP contribution in [0.25, 0.3) is 0 Å². The first-order valence-corrected chi connectivity index (χ1v) is 9.75. The molecule has 2 saturated heterocycles. The van der Waals surface area contributed by atoms with E-state index in [9.17, 15) is 13.2 Å². The maximum absolute atomic E-state index is 10.6. The average molecular weight is 434 g/mol. The zero-order valence-corrected chi connectivity index (χ0v) is 17.3. The number of aromatic nitrogens is 2. The summed E-state index contributed by atoms with van der Waals surface area (Å²) < 4.78 is 42.4. The number of nitrogens with zero attached hydrogens (tertiary/aromatic N) is 4. The van der Waals surface area contributed by atoms with Crippen molar-refractivity contribution in [2.45, 2.75) is 31.5 Å². The predicted molar refractivity (Wildman–Crippen MR) is 103 cm³/mol. The number of piperidine rings is 1. The highest BCUT2D eigenvalue weighted by Crippen LogP contribution is 2.44. The van der Waals surface area contributed by atoms with E-state index < -0.39 is 12.1 Å². The van der Waals surface area contributed by atoms with Crippen LogP contribution in [0.5, 0.6) is 0 Å². The molecule has 2 aliphatic rings. The van der Waals surface area contributed by atoms with Crippen molar-refractivity contribution in [1.29, 1.82) is 0 Å². The van der Waals surface area contributed by atoms with Crippen LogP contribution in [0.3, 0.4) is 0 Å². The van der Waals surface area contributed by atoms with Gasteiger partial charge < -0.3 is 24.4 Å². The maximum atomic E-state index is 10.6. The number of aliphatic carboxylic acids is 1. The van der Waals surface area contributed by atoms with Gasteiger partial charge >= 0.3 is 12.1 Å². The third-order valence-electron chi connectivity index (χ3n) is 5.55. The van der Waals surface area contributed by atoms with Gasteiger partial charge in [-0.05, 0) is 43.8 Å². The van der Waals surface area contributed by atoms with Gasteiger partial charge in [0.05, 0.1) is 19.3 Å². The highest BCUT2D eigenvalue weighted by atomic mass is 19.4. The van der Waals surface area contributed by atoms with E-state index in [2.05, 4.69) is 19.8 Å². The third kappa shape index (κ3) is 6.78. The Morgan fingerprint density at radius 2 is 1.83 bits per heavy atom. The lowest BCUT2D eigenvalue weighted by Crippen LogP contribution is -2.42. The zero-order valence-electron chi connectivity index (χ0n) is 17.3. The molecule has 1 unspecified atom stereocenters. The molecule has 0 aliphatic carbocycles. The molecule has 30 heavy (non-hydrogen) atoms. The molecule has 11 heteroatoms. The standard InChI is InChI=1S/C17H28N4O2.C2HF3O2/c1-22-11-10-20-8-4-17(5-9-20)12-15(13-23-2)21(14-17)16-18-6-3-7-19-16;3-2(4,5)1(6)7/h3,6-7,15H,4-5,8-14H2,1-2H3;(H,6,7). The van der Waals surface area contributed by atoms with Gasteiger partial charge in [0.2, 0.25) is 5.95 Å². The first kappa shape index (κ1) is 24.3. The molecule has 1 aromatic heterocycles. The van der Waals surface area contributed by atoms with Gasteiger partial charge in [0.25, 0.3) is 0 Å². The summed E-state index contributed by atoms with van der Waals surface area (Å²) >= 11 is 0. The summed E-state index contributed by atoms with van der Waals surface area (Å²) in [7, 11) is 3.55. The number of carbonyl (C=O) groups is 1. The summed E-state index contributed by atoms with van der Waals surface area (Å²) in [5.41, 5.74) is 0.381. The fraction of sp³-hybridized carbons (Fsp3) is 0.737. The van der Waals surface area contributed by atoms with Crippen molar-refractivity contribution < 1.29 is 32.5 Å². The van der Waals surface area contributed by atoms with Crippen LogP contribution in [0.15, 0.2) is 18.5 Å². The van der Waals surface area contributed by atoms with Gasteiger partial charge in [0.15, 0.2) is 0 Å². The van der Waals surface area contributed by atoms with E-state index in [1.807, 2.05) is 18.5 Å². The van der Waals surface area contributed by atoms with Crippen molar-refractivity contribution in [2.75, 3.05) is 58.5 Å². The largest absolute Gasteiger partial charge is 0.490 e. The molecule has 0 bridgehead atoms. The normalized spacial score (nSPS) is 21.4. The predicted octanol–water partition coefficient (Wildman–Crippen LogP) is 2.06. The molecular weight excluding hydrogens is 405 g/mol. The van der Waals surface area contributed by atoms with E-state index in [4.69, 9.17) is 19.4 Å². The van der Waals surface area contributed by atoms with Crippen molar-refractivity contribution in [1.82, 2.24) is 14.9 Å². The molecule has 2 aliphatic heterocycles. The van der Waals surface area contributed by atoms with Crippen LogP contribution >= 0.6 is 0 Å². The van der Waals surface area contributed by atoms with Crippen molar-refractivity contribution in [3.8, 4) is 0 Å². The van der Waals surface area contributed by atoms with Crippen molar-refractivity contribution in [3.05, 3.63) is 18.5 Å². The fourth-order valence-corrected chi connectivity index (χ4v) is 4.01. The molecule has 1 aromatic rings. The number of rotatable bonds is 6. The van der Waals surface area contributed by atoms with Gasteiger partial charge in [-0.15, -0.1) is 0 Å². The molecule has 0 aromatic carbocycles. The Kier molecular flexibility index (Phi) is 8.80. The number of alkyl halides is 3. The van der Waals surface area contributed by atoms with Crippen molar-refractivity contribution in [3.63, 3.8) is 0 Å². The number of halogens is 3. The summed E-state index contributed by atoms with van der Waals surface area (Å²) in [5.74, 6) is -1.92. The van der Waals surface area contributed by atoms with Crippen LogP contribution in [0, 0.1) is 5.41 Å². The Morgan fingerprint density at radius 3 is 2.33 bits per heavy atom. The molecule has 1 N–H and O–H groups in total. The van der Waals surface area contributed by atoms with Crippen molar-refractivity contribution >= 4 is 11.9 Å². The maximum Gasteiger partial charge on any atom is 0.490 e. The van der Waals surface area contributed by atoms with Crippen LogP contribution < -0.4 is 4.90 Å². The minimum atomic E-state index is -5.08. The molecule has 3 rings (SSSR count). The third-order valence-corrected chi connectivity index (χ3v) is 5.55. The van der Waals surface area contributed by atoms with Gasteiger partial charge in [-0.3, -0.25) is 0 Å². The second kappa shape index (κ2) is 10.9. The minimum absolute atomic E-state index is 0.381. The summed E-state index contributed by atoms with van der Waals surface area (Å²) in [6.07, 6.45) is 2.22. The first-order chi connectivity index (χ1) is 14.2. The molecule has 0 amide bonds. The second-order valence-electron chi connectivity index (χ2n) is 7.63. The van der Waals surface area contributed by atoms with E-state index in [-0.39, 0.29) is 0 Å². The summed E-state index contributed by atoms with van der Waals surface area (Å²) in [6, 6.07) is 2.25. The second-order valence-corrected chi connectivity index (χ2v) is 7.63. The number of hydrogen-bond donors (Lipinski definition) is 1. The number of likely N-dealkylation sites (tertiary alicyclic amines) is 1. The number of carboxylic acid groups (broad SMARTS) is 1. The highest BCUT2D eigenvalue weighted by Gasteiger charge is 2.46. The van der Waals surface area contributed by atoms with E-state index >= 15 is 0 Å². The molecule has 0 radical (unpaired) electrons. The minimum Gasteiger partial charge on any atom is -0.475 e. The van der Waals surface area contributed by atoms with E-state index in [1.165, 1.54) is 19.3 Å². The van der Waals surface area contributed by atoms with Crippen LogP contribution in [-0.4, -0.2) is 91.8 Å². The Hall–Kier alpha value is -1.98. The molecule has 1 atom stereocenters. The smallest absolute Gasteiger partial charge is 0.475 e. The van der Waals surface area contributed by atoms with E-state index in [0.717, 1.165) is 45.3 Å². The Bertz CT molecular complexity index is 655. The van der Waals surface area contributed by atoms with E-state index in [0.29, 0.717) is 11.5 Å². The number of ether oxygens (including phenoxy) is 2. The lowest BCUT2D eigenvalue weighted by atomic mass is 9.76. The highest BCUT2D eigenvalue weighted by molar-refractivity contribution is 5.73. The quantitative estimate of drug-likeness (QED) is 0.728. The molecule has 170 valence electrons. The number of carboxylic acids is 1. The fourth-order valence-electron chi connectivity index (χ4n) is 4.01. The Balaban J connectivity index is 0.000000396. The van der Waals surface area contributed by atoms with Gasteiger partial charge in [-0.25, -0.2) is 14.8 Å². The number of methoxy groups -OCH3 is 2. The van der Waals surface area contributed by atoms with Gasteiger partial charge in [-0.1, -0.05) is 0 Å². The zero-order chi connectivity index (χ0) is 22.2. The summed E-state index contributed by atoms with van der Waals surface area (Å²) in [5, 5.41) is 7.12. The topological polar surface area (TPSA) is 88.0 Å². The van der Waals surface area contributed by atoms with Gasteiger partial charge in [-0.2, -0.15) is 13.2 Å². The lowest BCUT2D eigenvalue weighted by Gasteiger charge is -2.39. The van der Waals surface area contributed by atoms with E-state index in [1.54, 1.807) is 14.2 Å². The summed E-state index contributed by atoms with van der Waals surface area (Å²) in [6.45, 7) is 5.97. The summed E-state index contributed by atoms with van der Waals surface area (Å²) in [4.78, 5) is 22.7. The Labute approximate surface area is 174 Å². The lowest BCUT2D eigenvalue weighted by molar-refractivity contribution is -0.192. The van der Waals surface area contributed by atoms with Crippen LogP contribution in [0.4, 0.5) is 19.1 Å².